The number of likely N-dealkylation sites (N-methyl/N-ethyl adjacent to an activating group) is 1. The summed E-state index contributed by atoms with van der Waals surface area (Å²) < 4.78 is 33.3. The van der Waals surface area contributed by atoms with E-state index >= 15 is 0 Å². The van der Waals surface area contributed by atoms with Crippen LogP contribution in [0, 0.1) is 30.6 Å². The Morgan fingerprint density at radius 3 is 2.30 bits per heavy atom. The van der Waals surface area contributed by atoms with Crippen LogP contribution >= 0.6 is 11.6 Å². The number of aliphatic hydroxyl groups excluding tert-OH is 1. The number of Topliss-reactive ketones (excluding diaryl/α,β-unsaturated/α-hetero) is 2. The van der Waals surface area contributed by atoms with Crippen LogP contribution in [0.2, 0.25) is 5.15 Å². The van der Waals surface area contributed by atoms with Gasteiger partial charge in [0.2, 0.25) is 0 Å². The molecule has 5 rings (SSSR count). The molecule has 2 aromatic heterocycles. The molecule has 1 amide bonds. The van der Waals surface area contributed by atoms with Gasteiger partial charge in [-0.1, -0.05) is 39.3 Å². The van der Waals surface area contributed by atoms with E-state index in [2.05, 4.69) is 9.97 Å². The van der Waals surface area contributed by atoms with Crippen LogP contribution in [0.3, 0.4) is 0 Å². The molecule has 16 heteroatoms. The van der Waals surface area contributed by atoms with E-state index < -0.39 is 83.4 Å². The third-order valence-electron chi connectivity index (χ3n) is 13.3. The molecule has 0 saturated carbocycles. The number of aromatic nitrogens is 3. The van der Waals surface area contributed by atoms with Crippen LogP contribution in [-0.4, -0.2) is 135 Å². The number of cyclic esters (lactones) is 1. The molecule has 3 aliphatic heterocycles. The number of carbonyl (C=O) groups is 4. The smallest absolute Gasteiger partial charge is 0.410 e. The highest BCUT2D eigenvalue weighted by atomic mass is 35.5. The van der Waals surface area contributed by atoms with Crippen LogP contribution in [0.25, 0.3) is 11.3 Å². The number of carbonyl (C=O) groups excluding carboxylic acids is 4. The zero-order valence-corrected chi connectivity index (χ0v) is 38.1. The fraction of sp³-hybridized carbons (Fsp3) is 0.727. The molecule has 60 heavy (non-hydrogen) atoms. The SMILES string of the molecule is CC[C@H]1OC(=O)[C@H](C)C(=O)[C@H](C)C(OC2O[C@H](C)C[C@H](N(C)C)[C@H]2O)[C@@](C)(OC)C[C@@H](C)C(=O)[C@H](C)[C@H]2N(CCCCn3cnc(-c4ccc(Cl)nc4)c3C)C(=O)O[C@]12C. The number of rotatable bonds is 11. The Morgan fingerprint density at radius 1 is 1.00 bits per heavy atom. The lowest BCUT2D eigenvalue weighted by atomic mass is 9.73. The molecule has 2 aromatic rings. The third-order valence-corrected chi connectivity index (χ3v) is 13.5. The lowest BCUT2D eigenvalue weighted by molar-refractivity contribution is -0.295. The minimum Gasteiger partial charge on any atom is -0.458 e. The first-order chi connectivity index (χ1) is 28.2. The summed E-state index contributed by atoms with van der Waals surface area (Å²) in [5, 5.41) is 11.9. The molecule has 3 aliphatic rings. The number of pyridine rings is 1. The van der Waals surface area contributed by atoms with Crippen LogP contribution in [0.1, 0.15) is 93.2 Å². The average Bonchev–Trinajstić information content (AvgIpc) is 3.70. The third kappa shape index (κ3) is 9.61. The molecule has 13 atom stereocenters. The van der Waals surface area contributed by atoms with Crippen molar-refractivity contribution in [3.05, 3.63) is 35.5 Å². The zero-order valence-electron chi connectivity index (χ0n) is 37.3. The van der Waals surface area contributed by atoms with E-state index in [0.29, 0.717) is 31.0 Å². The number of aryl methyl sites for hydroxylation is 1. The van der Waals surface area contributed by atoms with Crippen molar-refractivity contribution in [1.29, 1.82) is 0 Å². The van der Waals surface area contributed by atoms with Crippen LogP contribution < -0.4 is 0 Å². The number of amides is 1. The quantitative estimate of drug-likeness (QED) is 0.123. The van der Waals surface area contributed by atoms with Gasteiger partial charge in [-0.25, -0.2) is 14.8 Å². The van der Waals surface area contributed by atoms with Gasteiger partial charge < -0.3 is 43.2 Å². The maximum atomic E-state index is 14.8. The molecule has 5 heterocycles. The number of hydrogen-bond acceptors (Lipinski definition) is 13. The van der Waals surface area contributed by atoms with E-state index in [1.807, 2.05) is 57.3 Å². The predicted molar refractivity (Wildman–Crippen MR) is 224 cm³/mol. The van der Waals surface area contributed by atoms with Crippen molar-refractivity contribution >= 4 is 35.2 Å². The van der Waals surface area contributed by atoms with Gasteiger partial charge in [0.25, 0.3) is 0 Å². The first-order valence-corrected chi connectivity index (χ1v) is 21.7. The largest absolute Gasteiger partial charge is 0.458 e. The summed E-state index contributed by atoms with van der Waals surface area (Å²) in [5.74, 6) is -5.01. The van der Waals surface area contributed by atoms with E-state index in [1.165, 1.54) is 14.0 Å². The van der Waals surface area contributed by atoms with Crippen molar-refractivity contribution in [2.24, 2.45) is 23.7 Å². The Balaban J connectivity index is 1.43. The standard InChI is InChI=1S/C44H66ClN5O10/c1-13-32-44(9)38(50(42(55)60-44)19-15-14-18-49-23-47-34(29(49)7)30-16-17-33(45)46-22-30)26(4)35(51)24(2)21-43(8,56-12)39(27(5)36(52)28(6)40(54)58-32)59-41-37(53)31(48(10)11)20-25(3)57-41/h16-17,22-28,31-32,37-39,41,53H,13-15,18-21H2,1-12H3/t24-,25-,26+,27+,28-,31+,32-,37-,38-,39?,41?,43+,44-/m1/s1. The van der Waals surface area contributed by atoms with Gasteiger partial charge in [0, 0.05) is 61.4 Å². The second-order valence-electron chi connectivity index (χ2n) is 17.8. The van der Waals surface area contributed by atoms with Crippen LogP contribution in [0.15, 0.2) is 24.7 Å². The molecule has 3 fully saturated rings. The summed E-state index contributed by atoms with van der Waals surface area (Å²) in [4.78, 5) is 69.3. The van der Waals surface area contributed by atoms with Crippen LogP contribution in [-0.2, 0) is 44.6 Å². The Kier molecular flexibility index (Phi) is 15.3. The molecule has 0 radical (unpaired) electrons. The number of unbranched alkanes of at least 4 members (excludes halogenated alkanes) is 1. The Bertz CT molecular complexity index is 1840. The van der Waals surface area contributed by atoms with E-state index in [-0.39, 0.29) is 37.3 Å². The molecular formula is C44H66ClN5O10. The van der Waals surface area contributed by atoms with Gasteiger partial charge in [0.05, 0.1) is 35.9 Å². The number of ether oxygens (including phenoxy) is 5. The lowest BCUT2D eigenvalue weighted by Crippen LogP contribution is -2.60. The highest BCUT2D eigenvalue weighted by Crippen LogP contribution is 2.43. The first-order valence-electron chi connectivity index (χ1n) is 21.3. The monoisotopic (exact) mass is 859 g/mol. The van der Waals surface area contributed by atoms with E-state index in [1.54, 1.807) is 51.2 Å². The highest BCUT2D eigenvalue weighted by Gasteiger charge is 2.60. The molecule has 3 saturated heterocycles. The number of ketones is 2. The van der Waals surface area contributed by atoms with Crippen LogP contribution in [0.5, 0.6) is 0 Å². The first kappa shape index (κ1) is 47.6. The van der Waals surface area contributed by atoms with E-state index in [9.17, 15) is 24.3 Å². The van der Waals surface area contributed by atoms with E-state index in [0.717, 1.165) is 17.0 Å². The van der Waals surface area contributed by atoms with Crippen molar-refractivity contribution in [2.45, 2.75) is 155 Å². The molecular weight excluding hydrogens is 794 g/mol. The molecule has 334 valence electrons. The van der Waals surface area contributed by atoms with Gasteiger partial charge in [-0.2, -0.15) is 0 Å². The van der Waals surface area contributed by atoms with Crippen molar-refractivity contribution in [2.75, 3.05) is 27.7 Å². The molecule has 1 N–H and O–H groups in total. The molecule has 0 aromatic carbocycles. The number of fused-ring (bicyclic) bond motifs is 1. The van der Waals surface area contributed by atoms with Gasteiger partial charge in [0.1, 0.15) is 29.1 Å². The number of aliphatic hydroxyl groups is 1. The summed E-state index contributed by atoms with van der Waals surface area (Å²) in [6.45, 7) is 16.9. The minimum atomic E-state index is -1.42. The van der Waals surface area contributed by atoms with Crippen molar-refractivity contribution in [3.63, 3.8) is 0 Å². The molecule has 2 unspecified atom stereocenters. The fourth-order valence-electron chi connectivity index (χ4n) is 9.74. The number of methoxy groups -OCH3 is 1. The second kappa shape index (κ2) is 19.3. The summed E-state index contributed by atoms with van der Waals surface area (Å²) in [6.07, 6.45) is 0.614. The average molecular weight is 860 g/mol. The fourth-order valence-corrected chi connectivity index (χ4v) is 9.85. The molecule has 0 spiro atoms. The topological polar surface area (TPSA) is 172 Å². The maximum absolute atomic E-state index is 14.8. The number of imidazole rings is 1. The molecule has 0 bridgehead atoms. The Morgan fingerprint density at radius 2 is 1.68 bits per heavy atom. The molecule has 15 nitrogen and oxygen atoms in total. The number of hydrogen-bond donors (Lipinski definition) is 1. The van der Waals surface area contributed by atoms with Gasteiger partial charge in [0.15, 0.2) is 17.7 Å². The summed E-state index contributed by atoms with van der Waals surface area (Å²) in [6, 6.07) is 2.51. The second-order valence-corrected chi connectivity index (χ2v) is 18.2. The van der Waals surface area contributed by atoms with Gasteiger partial charge in [-0.15, -0.1) is 0 Å². The Labute approximate surface area is 359 Å². The minimum absolute atomic E-state index is 0.122. The number of nitrogens with zero attached hydrogens (tertiary/aromatic N) is 5. The zero-order chi connectivity index (χ0) is 44.4. The molecule has 0 aliphatic carbocycles. The lowest BCUT2D eigenvalue weighted by Gasteiger charge is -2.47. The van der Waals surface area contributed by atoms with Crippen molar-refractivity contribution < 1.29 is 48.0 Å². The van der Waals surface area contributed by atoms with Gasteiger partial charge in [-0.3, -0.25) is 14.4 Å². The summed E-state index contributed by atoms with van der Waals surface area (Å²) in [5.41, 5.74) is -0.0656. The normalized spacial score (nSPS) is 35.9. The van der Waals surface area contributed by atoms with Crippen LogP contribution in [0.4, 0.5) is 4.79 Å². The summed E-state index contributed by atoms with van der Waals surface area (Å²) >= 11 is 5.99. The summed E-state index contributed by atoms with van der Waals surface area (Å²) in [7, 11) is 5.24. The van der Waals surface area contributed by atoms with Gasteiger partial charge in [-0.05, 0) is 93.0 Å². The van der Waals surface area contributed by atoms with E-state index in [4.69, 9.17) is 35.3 Å². The van der Waals surface area contributed by atoms with Gasteiger partial charge >= 0.3 is 12.1 Å². The maximum Gasteiger partial charge on any atom is 0.410 e. The van der Waals surface area contributed by atoms with Crippen molar-refractivity contribution in [1.82, 2.24) is 24.3 Å². The highest BCUT2D eigenvalue weighted by molar-refractivity contribution is 6.29. The number of halogens is 1. The predicted octanol–water partition coefficient (Wildman–Crippen LogP) is 5.89. The number of esters is 1. The Hall–Kier alpha value is -3.47. The van der Waals surface area contributed by atoms with Crippen molar-refractivity contribution in [3.8, 4) is 11.3 Å².